The molecule has 0 saturated carbocycles. The van der Waals surface area contributed by atoms with Crippen molar-refractivity contribution in [1.29, 1.82) is 0 Å². The second-order valence-electron chi connectivity index (χ2n) is 5.02. The van der Waals surface area contributed by atoms with Gasteiger partial charge in [0.25, 0.3) is 0 Å². The number of benzene rings is 2. The maximum atomic E-state index is 5.46. The first-order chi connectivity index (χ1) is 10.2. The minimum absolute atomic E-state index is 0.151. The van der Waals surface area contributed by atoms with Crippen molar-refractivity contribution in [3.63, 3.8) is 0 Å². The lowest BCUT2D eigenvalue weighted by atomic mass is 10.1. The van der Waals surface area contributed by atoms with Crippen LogP contribution in [0, 0.1) is 0 Å². The Bertz CT molecular complexity index is 578. The highest BCUT2D eigenvalue weighted by Gasteiger charge is 2.12. The summed E-state index contributed by atoms with van der Waals surface area (Å²) in [6.45, 7) is 4.28. The molecule has 0 aliphatic heterocycles. The number of nitrogens with one attached hydrogen (secondary N) is 1. The fraction of sp³-hybridized carbons (Fsp3) is 0.333. The molecule has 1 atom stereocenters. The van der Waals surface area contributed by atoms with Crippen LogP contribution in [0.15, 0.2) is 42.5 Å². The molecule has 0 amide bonds. The molecule has 0 aromatic heterocycles. The summed E-state index contributed by atoms with van der Waals surface area (Å²) < 4.78 is 10.7. The Hall–Kier alpha value is -2.16. The van der Waals surface area contributed by atoms with E-state index in [1.807, 2.05) is 18.2 Å². The Morgan fingerprint density at radius 1 is 1.00 bits per heavy atom. The van der Waals surface area contributed by atoms with Gasteiger partial charge < -0.3 is 14.8 Å². The second-order valence-corrected chi connectivity index (χ2v) is 5.02. The van der Waals surface area contributed by atoms with Crippen molar-refractivity contribution < 1.29 is 9.47 Å². The van der Waals surface area contributed by atoms with Crippen molar-refractivity contribution in [2.24, 2.45) is 0 Å². The lowest BCUT2D eigenvalue weighted by Crippen LogP contribution is -2.08. The zero-order valence-electron chi connectivity index (χ0n) is 13.1. The molecule has 1 N–H and O–H groups in total. The Labute approximate surface area is 126 Å². The van der Waals surface area contributed by atoms with Gasteiger partial charge >= 0.3 is 0 Å². The molecule has 2 aromatic carbocycles. The molecule has 0 heterocycles. The van der Waals surface area contributed by atoms with Gasteiger partial charge in [0.1, 0.15) is 11.5 Å². The number of aryl methyl sites for hydroxylation is 1. The van der Waals surface area contributed by atoms with E-state index in [-0.39, 0.29) is 6.04 Å². The van der Waals surface area contributed by atoms with Gasteiger partial charge in [0, 0.05) is 17.3 Å². The Morgan fingerprint density at radius 3 is 2.29 bits per heavy atom. The van der Waals surface area contributed by atoms with Crippen LogP contribution in [-0.2, 0) is 6.42 Å². The van der Waals surface area contributed by atoms with Crippen molar-refractivity contribution in [3.8, 4) is 11.5 Å². The lowest BCUT2D eigenvalue weighted by Gasteiger charge is -2.19. The van der Waals surface area contributed by atoms with Gasteiger partial charge in [-0.3, -0.25) is 0 Å². The van der Waals surface area contributed by atoms with Crippen molar-refractivity contribution in [2.45, 2.75) is 26.3 Å². The van der Waals surface area contributed by atoms with E-state index in [4.69, 9.17) is 9.47 Å². The molecule has 0 fully saturated rings. The van der Waals surface area contributed by atoms with Crippen LogP contribution in [0.4, 0.5) is 5.69 Å². The highest BCUT2D eigenvalue weighted by Crippen LogP contribution is 2.31. The van der Waals surface area contributed by atoms with Gasteiger partial charge in [-0.1, -0.05) is 19.1 Å². The average molecular weight is 285 g/mol. The molecule has 1 unspecified atom stereocenters. The smallest absolute Gasteiger partial charge is 0.127 e. The third kappa shape index (κ3) is 3.69. The van der Waals surface area contributed by atoms with Gasteiger partial charge in [-0.15, -0.1) is 0 Å². The van der Waals surface area contributed by atoms with E-state index in [9.17, 15) is 0 Å². The van der Waals surface area contributed by atoms with Gasteiger partial charge in [-0.25, -0.2) is 0 Å². The molecule has 21 heavy (non-hydrogen) atoms. The monoisotopic (exact) mass is 285 g/mol. The first kappa shape index (κ1) is 15.2. The molecule has 0 spiro atoms. The summed E-state index contributed by atoms with van der Waals surface area (Å²) in [6, 6.07) is 14.6. The molecule has 0 saturated heterocycles. The maximum Gasteiger partial charge on any atom is 0.127 e. The molecule has 0 aliphatic carbocycles. The van der Waals surface area contributed by atoms with Crippen molar-refractivity contribution in [2.75, 3.05) is 19.5 Å². The van der Waals surface area contributed by atoms with E-state index >= 15 is 0 Å². The quantitative estimate of drug-likeness (QED) is 0.851. The number of hydrogen-bond donors (Lipinski definition) is 1. The standard InChI is InChI=1S/C18H23NO2/c1-5-14-6-8-15(9-7-14)19-13(2)17-11-10-16(20-3)12-18(17)21-4/h6-13,19H,5H2,1-4H3. The topological polar surface area (TPSA) is 30.5 Å². The molecule has 112 valence electrons. The number of rotatable bonds is 6. The van der Waals surface area contributed by atoms with E-state index in [0.29, 0.717) is 0 Å². The van der Waals surface area contributed by atoms with E-state index in [0.717, 1.165) is 29.2 Å². The summed E-state index contributed by atoms with van der Waals surface area (Å²) >= 11 is 0. The molecule has 3 heteroatoms. The van der Waals surface area contributed by atoms with Gasteiger partial charge in [0.15, 0.2) is 0 Å². The van der Waals surface area contributed by atoms with E-state index in [1.165, 1.54) is 5.56 Å². The van der Waals surface area contributed by atoms with E-state index in [1.54, 1.807) is 14.2 Å². The number of ether oxygens (including phenoxy) is 2. The number of hydrogen-bond acceptors (Lipinski definition) is 3. The van der Waals surface area contributed by atoms with Crippen LogP contribution in [0.25, 0.3) is 0 Å². The van der Waals surface area contributed by atoms with Crippen molar-refractivity contribution in [3.05, 3.63) is 53.6 Å². The second kappa shape index (κ2) is 7.02. The molecule has 2 rings (SSSR count). The summed E-state index contributed by atoms with van der Waals surface area (Å²) in [7, 11) is 3.34. The van der Waals surface area contributed by atoms with Crippen LogP contribution in [0.1, 0.15) is 31.0 Å². The zero-order valence-corrected chi connectivity index (χ0v) is 13.1. The predicted molar refractivity (Wildman–Crippen MR) is 87.4 cm³/mol. The molecular weight excluding hydrogens is 262 g/mol. The Morgan fingerprint density at radius 2 is 1.71 bits per heavy atom. The van der Waals surface area contributed by atoms with Crippen molar-refractivity contribution in [1.82, 2.24) is 0 Å². The van der Waals surface area contributed by atoms with Crippen LogP contribution < -0.4 is 14.8 Å². The number of methoxy groups -OCH3 is 2. The maximum absolute atomic E-state index is 5.46. The van der Waals surface area contributed by atoms with Crippen LogP contribution in [0.5, 0.6) is 11.5 Å². The highest BCUT2D eigenvalue weighted by molar-refractivity contribution is 5.50. The fourth-order valence-corrected chi connectivity index (χ4v) is 2.34. The zero-order chi connectivity index (χ0) is 15.2. The first-order valence-electron chi connectivity index (χ1n) is 7.25. The molecule has 2 aromatic rings. The summed E-state index contributed by atoms with van der Waals surface area (Å²) in [6.07, 6.45) is 1.06. The predicted octanol–water partition coefficient (Wildman–Crippen LogP) is 4.44. The Balaban J connectivity index is 2.17. The normalized spacial score (nSPS) is 11.8. The SMILES string of the molecule is CCc1ccc(NC(C)c2ccc(OC)cc2OC)cc1. The average Bonchev–Trinajstić information content (AvgIpc) is 2.54. The van der Waals surface area contributed by atoms with Crippen LogP contribution >= 0.6 is 0 Å². The molecule has 0 aliphatic rings. The van der Waals surface area contributed by atoms with Crippen LogP contribution in [-0.4, -0.2) is 14.2 Å². The first-order valence-corrected chi connectivity index (χ1v) is 7.25. The lowest BCUT2D eigenvalue weighted by molar-refractivity contribution is 0.390. The summed E-state index contributed by atoms with van der Waals surface area (Å²) in [5.41, 5.74) is 3.56. The summed E-state index contributed by atoms with van der Waals surface area (Å²) in [5, 5.41) is 3.50. The number of anilines is 1. The Kier molecular flexibility index (Phi) is 5.09. The third-order valence-corrected chi connectivity index (χ3v) is 3.65. The molecule has 0 bridgehead atoms. The van der Waals surface area contributed by atoms with Crippen LogP contribution in [0.2, 0.25) is 0 Å². The third-order valence-electron chi connectivity index (χ3n) is 3.65. The van der Waals surface area contributed by atoms with Gasteiger partial charge in [0.2, 0.25) is 0 Å². The summed E-state index contributed by atoms with van der Waals surface area (Å²) in [4.78, 5) is 0. The van der Waals surface area contributed by atoms with Crippen molar-refractivity contribution >= 4 is 5.69 Å². The fourth-order valence-electron chi connectivity index (χ4n) is 2.34. The molecular formula is C18H23NO2. The van der Waals surface area contributed by atoms with E-state index < -0.39 is 0 Å². The van der Waals surface area contributed by atoms with Gasteiger partial charge in [-0.05, 0) is 43.2 Å². The van der Waals surface area contributed by atoms with Crippen LogP contribution in [0.3, 0.4) is 0 Å². The molecule has 3 nitrogen and oxygen atoms in total. The minimum Gasteiger partial charge on any atom is -0.497 e. The van der Waals surface area contributed by atoms with E-state index in [2.05, 4.69) is 43.4 Å². The van der Waals surface area contributed by atoms with Gasteiger partial charge in [-0.2, -0.15) is 0 Å². The summed E-state index contributed by atoms with van der Waals surface area (Å²) in [5.74, 6) is 1.63. The minimum atomic E-state index is 0.151. The highest BCUT2D eigenvalue weighted by atomic mass is 16.5. The molecule has 0 radical (unpaired) electrons. The van der Waals surface area contributed by atoms with Gasteiger partial charge in [0.05, 0.1) is 20.3 Å². The largest absolute Gasteiger partial charge is 0.497 e.